The van der Waals surface area contributed by atoms with Crippen LogP contribution in [0.25, 0.3) is 0 Å². The van der Waals surface area contributed by atoms with Crippen LogP contribution in [0, 0.1) is 5.92 Å². The van der Waals surface area contributed by atoms with Crippen molar-refractivity contribution in [1.29, 1.82) is 0 Å². The summed E-state index contributed by atoms with van der Waals surface area (Å²) in [6, 6.07) is 13.3. The third kappa shape index (κ3) is 4.95. The zero-order chi connectivity index (χ0) is 17.5. The van der Waals surface area contributed by atoms with Gasteiger partial charge in [-0.05, 0) is 61.6 Å². The van der Waals surface area contributed by atoms with E-state index in [0.717, 1.165) is 43.8 Å². The van der Waals surface area contributed by atoms with Crippen LogP contribution < -0.4 is 9.47 Å². The number of pyridine rings is 1. The van der Waals surface area contributed by atoms with Crippen molar-refractivity contribution in [3.63, 3.8) is 0 Å². The molecule has 1 fully saturated rings. The number of likely N-dealkylation sites (tertiary alicyclic amines) is 1. The SMILES string of the molecule is COc1ccc(OCC(=O)N2CCC[C@@H](Cc3ccccn3)C2)cc1. The first-order valence-corrected chi connectivity index (χ1v) is 8.69. The van der Waals surface area contributed by atoms with E-state index in [2.05, 4.69) is 4.98 Å². The summed E-state index contributed by atoms with van der Waals surface area (Å²) >= 11 is 0. The van der Waals surface area contributed by atoms with E-state index in [1.54, 1.807) is 7.11 Å². The second kappa shape index (κ2) is 8.51. The number of aromatic nitrogens is 1. The topological polar surface area (TPSA) is 51.7 Å². The molecular weight excluding hydrogens is 316 g/mol. The Morgan fingerprint density at radius 2 is 2.00 bits per heavy atom. The van der Waals surface area contributed by atoms with Crippen LogP contribution >= 0.6 is 0 Å². The summed E-state index contributed by atoms with van der Waals surface area (Å²) in [5, 5.41) is 0. The molecule has 1 amide bonds. The first kappa shape index (κ1) is 17.3. The lowest BCUT2D eigenvalue weighted by atomic mass is 9.93. The molecule has 0 radical (unpaired) electrons. The van der Waals surface area contributed by atoms with Crippen LogP contribution in [0.2, 0.25) is 0 Å². The number of hydrogen-bond donors (Lipinski definition) is 0. The van der Waals surface area contributed by atoms with Crippen LogP contribution in [0.3, 0.4) is 0 Å². The van der Waals surface area contributed by atoms with Crippen molar-refractivity contribution in [2.45, 2.75) is 19.3 Å². The van der Waals surface area contributed by atoms with Crippen molar-refractivity contribution in [2.24, 2.45) is 5.92 Å². The lowest BCUT2D eigenvalue weighted by molar-refractivity contribution is -0.135. The second-order valence-corrected chi connectivity index (χ2v) is 6.34. The zero-order valence-electron chi connectivity index (χ0n) is 14.6. The first-order valence-electron chi connectivity index (χ1n) is 8.69. The van der Waals surface area contributed by atoms with E-state index in [4.69, 9.17) is 9.47 Å². The Bertz CT molecular complexity index is 673. The smallest absolute Gasteiger partial charge is 0.260 e. The maximum absolute atomic E-state index is 12.5. The molecule has 25 heavy (non-hydrogen) atoms. The highest BCUT2D eigenvalue weighted by Crippen LogP contribution is 2.21. The molecule has 3 rings (SSSR count). The molecule has 0 aliphatic carbocycles. The van der Waals surface area contributed by atoms with Gasteiger partial charge in [-0.1, -0.05) is 6.07 Å². The summed E-state index contributed by atoms with van der Waals surface area (Å²) in [5.41, 5.74) is 1.09. The molecule has 1 aromatic carbocycles. The Kier molecular flexibility index (Phi) is 5.88. The van der Waals surface area contributed by atoms with E-state index < -0.39 is 0 Å². The van der Waals surface area contributed by atoms with E-state index in [9.17, 15) is 4.79 Å². The summed E-state index contributed by atoms with van der Waals surface area (Å²) in [6.45, 7) is 1.66. The fourth-order valence-electron chi connectivity index (χ4n) is 3.18. The molecule has 0 spiro atoms. The number of ether oxygens (including phenoxy) is 2. The number of benzene rings is 1. The molecule has 1 saturated heterocycles. The van der Waals surface area contributed by atoms with Gasteiger partial charge in [-0.2, -0.15) is 0 Å². The molecule has 1 aromatic heterocycles. The zero-order valence-corrected chi connectivity index (χ0v) is 14.6. The minimum atomic E-state index is 0.0431. The van der Waals surface area contributed by atoms with Crippen molar-refractivity contribution in [3.8, 4) is 11.5 Å². The van der Waals surface area contributed by atoms with Gasteiger partial charge in [0.05, 0.1) is 7.11 Å². The standard InChI is InChI=1S/C20H24N2O3/c1-24-18-7-9-19(10-8-18)25-15-20(23)22-12-4-5-16(14-22)13-17-6-2-3-11-21-17/h2-3,6-11,16H,4-5,12-15H2,1H3/t16-/m0/s1. The fourth-order valence-corrected chi connectivity index (χ4v) is 3.18. The van der Waals surface area contributed by atoms with Crippen LogP contribution in [-0.4, -0.2) is 42.6 Å². The number of amides is 1. The third-order valence-electron chi connectivity index (χ3n) is 4.52. The van der Waals surface area contributed by atoms with Gasteiger partial charge in [-0.15, -0.1) is 0 Å². The van der Waals surface area contributed by atoms with Crippen LogP contribution in [-0.2, 0) is 11.2 Å². The fraction of sp³-hybridized carbons (Fsp3) is 0.400. The molecule has 0 bridgehead atoms. The van der Waals surface area contributed by atoms with Gasteiger partial charge in [0.2, 0.25) is 0 Å². The van der Waals surface area contributed by atoms with Gasteiger partial charge in [0.15, 0.2) is 6.61 Å². The van der Waals surface area contributed by atoms with E-state index >= 15 is 0 Å². The summed E-state index contributed by atoms with van der Waals surface area (Å²) in [6.07, 6.45) is 4.92. The Labute approximate surface area is 148 Å². The Hall–Kier alpha value is -2.56. The Morgan fingerprint density at radius 3 is 2.72 bits per heavy atom. The molecule has 1 atom stereocenters. The summed E-state index contributed by atoms with van der Waals surface area (Å²) in [7, 11) is 1.62. The van der Waals surface area contributed by atoms with Crippen LogP contribution in [0.4, 0.5) is 0 Å². The third-order valence-corrected chi connectivity index (χ3v) is 4.52. The van der Waals surface area contributed by atoms with Gasteiger partial charge < -0.3 is 14.4 Å². The number of carbonyl (C=O) groups is 1. The molecule has 0 N–H and O–H groups in total. The quantitative estimate of drug-likeness (QED) is 0.811. The van der Waals surface area contributed by atoms with Crippen molar-refractivity contribution >= 4 is 5.91 Å². The Morgan fingerprint density at radius 1 is 1.20 bits per heavy atom. The van der Waals surface area contributed by atoms with Gasteiger partial charge in [0.1, 0.15) is 11.5 Å². The van der Waals surface area contributed by atoms with Gasteiger partial charge in [-0.3, -0.25) is 9.78 Å². The number of piperidine rings is 1. The van der Waals surface area contributed by atoms with Crippen LogP contribution in [0.5, 0.6) is 11.5 Å². The predicted molar refractivity (Wildman–Crippen MR) is 95.7 cm³/mol. The minimum Gasteiger partial charge on any atom is -0.497 e. The van der Waals surface area contributed by atoms with Gasteiger partial charge in [0, 0.05) is 25.0 Å². The van der Waals surface area contributed by atoms with Crippen LogP contribution in [0.15, 0.2) is 48.7 Å². The highest BCUT2D eigenvalue weighted by molar-refractivity contribution is 5.77. The van der Waals surface area contributed by atoms with Crippen molar-refractivity contribution in [2.75, 3.05) is 26.8 Å². The molecule has 0 saturated carbocycles. The van der Waals surface area contributed by atoms with E-state index in [0.29, 0.717) is 11.7 Å². The van der Waals surface area contributed by atoms with Crippen molar-refractivity contribution in [1.82, 2.24) is 9.88 Å². The monoisotopic (exact) mass is 340 g/mol. The summed E-state index contributed by atoms with van der Waals surface area (Å²) < 4.78 is 10.7. The molecule has 5 nitrogen and oxygen atoms in total. The van der Waals surface area contributed by atoms with Gasteiger partial charge in [-0.25, -0.2) is 0 Å². The van der Waals surface area contributed by atoms with Crippen LogP contribution in [0.1, 0.15) is 18.5 Å². The predicted octanol–water partition coefficient (Wildman–Crippen LogP) is 2.95. The van der Waals surface area contributed by atoms with E-state index in [1.807, 2.05) is 53.6 Å². The molecule has 2 heterocycles. The summed E-state index contributed by atoms with van der Waals surface area (Å²) in [5.74, 6) is 1.96. The van der Waals surface area contributed by atoms with E-state index in [-0.39, 0.29) is 12.5 Å². The molecule has 2 aromatic rings. The number of methoxy groups -OCH3 is 1. The molecular formula is C20H24N2O3. The highest BCUT2D eigenvalue weighted by Gasteiger charge is 2.24. The van der Waals surface area contributed by atoms with E-state index in [1.165, 1.54) is 0 Å². The lowest BCUT2D eigenvalue weighted by Gasteiger charge is -2.32. The average molecular weight is 340 g/mol. The Balaban J connectivity index is 1.49. The van der Waals surface area contributed by atoms with Gasteiger partial charge >= 0.3 is 0 Å². The van der Waals surface area contributed by atoms with Crippen molar-refractivity contribution in [3.05, 3.63) is 54.4 Å². The molecule has 1 aliphatic rings. The number of nitrogens with zero attached hydrogens (tertiary/aromatic N) is 2. The van der Waals surface area contributed by atoms with Crippen molar-refractivity contribution < 1.29 is 14.3 Å². The first-order chi connectivity index (χ1) is 12.2. The average Bonchev–Trinajstić information content (AvgIpc) is 2.67. The lowest BCUT2D eigenvalue weighted by Crippen LogP contribution is -2.42. The summed E-state index contributed by atoms with van der Waals surface area (Å²) in [4.78, 5) is 18.8. The second-order valence-electron chi connectivity index (χ2n) is 6.34. The number of carbonyl (C=O) groups excluding carboxylic acids is 1. The van der Waals surface area contributed by atoms with Gasteiger partial charge in [0.25, 0.3) is 5.91 Å². The normalized spacial score (nSPS) is 17.2. The minimum absolute atomic E-state index is 0.0431. The number of rotatable bonds is 6. The maximum Gasteiger partial charge on any atom is 0.260 e. The molecule has 5 heteroatoms. The largest absolute Gasteiger partial charge is 0.497 e. The highest BCUT2D eigenvalue weighted by atomic mass is 16.5. The molecule has 1 aliphatic heterocycles. The number of hydrogen-bond acceptors (Lipinski definition) is 4. The molecule has 0 unspecified atom stereocenters. The molecule has 132 valence electrons. The maximum atomic E-state index is 12.5.